The minimum atomic E-state index is -0.740. The van der Waals surface area contributed by atoms with Crippen LogP contribution in [0.5, 0.6) is 5.75 Å². The fourth-order valence-corrected chi connectivity index (χ4v) is 1.59. The Hall–Kier alpha value is -2.29. The lowest BCUT2D eigenvalue weighted by molar-refractivity contribution is 0.000876. The average molecular weight is 273 g/mol. The Kier molecular flexibility index (Phi) is 5.18. The second-order valence-electron chi connectivity index (χ2n) is 4.20. The van der Waals surface area contributed by atoms with E-state index in [9.17, 15) is 5.11 Å². The third kappa shape index (κ3) is 4.43. The van der Waals surface area contributed by atoms with Gasteiger partial charge >= 0.3 is 0 Å². The molecule has 1 aromatic carbocycles. The third-order valence-corrected chi connectivity index (χ3v) is 2.54. The van der Waals surface area contributed by atoms with Gasteiger partial charge in [-0.25, -0.2) is 0 Å². The molecule has 0 aliphatic carbocycles. The Morgan fingerprint density at radius 1 is 1.25 bits per heavy atom. The molecule has 104 valence electrons. The molecule has 1 unspecified atom stereocenters. The van der Waals surface area contributed by atoms with Crippen LogP contribution < -0.4 is 4.74 Å². The molecule has 0 aliphatic heterocycles. The van der Waals surface area contributed by atoms with Crippen LogP contribution in [0.4, 0.5) is 0 Å². The smallest absolute Gasteiger partial charge is 0.129 e. The lowest BCUT2D eigenvalue weighted by Crippen LogP contribution is -2.23. The first-order valence-electron chi connectivity index (χ1n) is 6.19. The van der Waals surface area contributed by atoms with Crippen LogP contribution in [0.2, 0.25) is 0 Å². The second-order valence-corrected chi connectivity index (χ2v) is 4.20. The van der Waals surface area contributed by atoms with Crippen molar-refractivity contribution in [3.8, 4) is 11.8 Å². The van der Waals surface area contributed by atoms with Gasteiger partial charge in [-0.3, -0.25) is 0 Å². The average Bonchev–Trinajstić information content (AvgIpc) is 2.98. The number of aliphatic hydroxyl groups excluding tert-OH is 1. The summed E-state index contributed by atoms with van der Waals surface area (Å²) < 4.78 is 15.8. The first kappa shape index (κ1) is 14.1. The van der Waals surface area contributed by atoms with E-state index in [4.69, 9.17) is 19.2 Å². The van der Waals surface area contributed by atoms with Crippen molar-refractivity contribution in [2.45, 2.75) is 12.7 Å². The van der Waals surface area contributed by atoms with Crippen molar-refractivity contribution in [1.29, 1.82) is 5.26 Å². The number of benzene rings is 1. The minimum Gasteiger partial charge on any atom is -0.491 e. The zero-order valence-corrected chi connectivity index (χ0v) is 10.9. The van der Waals surface area contributed by atoms with E-state index < -0.39 is 6.10 Å². The van der Waals surface area contributed by atoms with Crippen LogP contribution in [0.3, 0.4) is 0 Å². The summed E-state index contributed by atoms with van der Waals surface area (Å²) in [5.74, 6) is 1.26. The van der Waals surface area contributed by atoms with Crippen molar-refractivity contribution in [1.82, 2.24) is 0 Å². The molecule has 0 saturated heterocycles. The summed E-state index contributed by atoms with van der Waals surface area (Å²) in [5, 5.41) is 18.5. The molecule has 0 radical (unpaired) electrons. The van der Waals surface area contributed by atoms with Gasteiger partial charge in [0.25, 0.3) is 0 Å². The fourth-order valence-electron chi connectivity index (χ4n) is 1.59. The standard InChI is InChI=1S/C15H15NO4/c16-8-12-3-1-4-14(7-12)20-10-13(17)9-18-11-15-5-2-6-19-15/h1-7,13,17H,9-11H2. The third-order valence-electron chi connectivity index (χ3n) is 2.54. The Morgan fingerprint density at radius 2 is 2.15 bits per heavy atom. The van der Waals surface area contributed by atoms with Crippen LogP contribution in [0.25, 0.3) is 0 Å². The van der Waals surface area contributed by atoms with Gasteiger partial charge in [0.05, 0.1) is 24.5 Å². The minimum absolute atomic E-state index is 0.104. The lowest BCUT2D eigenvalue weighted by Gasteiger charge is -2.12. The van der Waals surface area contributed by atoms with Crippen molar-refractivity contribution in [3.05, 3.63) is 54.0 Å². The summed E-state index contributed by atoms with van der Waals surface area (Å²) in [6, 6.07) is 12.4. The van der Waals surface area contributed by atoms with Gasteiger partial charge in [0, 0.05) is 0 Å². The van der Waals surface area contributed by atoms with Crippen LogP contribution in [-0.4, -0.2) is 24.4 Å². The highest BCUT2D eigenvalue weighted by Crippen LogP contribution is 2.12. The molecule has 1 heterocycles. The SMILES string of the molecule is N#Cc1cccc(OCC(O)COCc2ccco2)c1. The predicted molar refractivity (Wildman–Crippen MR) is 71.0 cm³/mol. The molecule has 1 N–H and O–H groups in total. The van der Waals surface area contributed by atoms with E-state index >= 15 is 0 Å². The molecule has 0 aliphatic rings. The number of aliphatic hydroxyl groups is 1. The van der Waals surface area contributed by atoms with Crippen molar-refractivity contribution < 1.29 is 19.0 Å². The molecule has 0 spiro atoms. The van der Waals surface area contributed by atoms with E-state index in [1.54, 1.807) is 42.7 Å². The number of nitrogens with zero attached hydrogens (tertiary/aromatic N) is 1. The number of rotatable bonds is 7. The summed E-state index contributed by atoms with van der Waals surface area (Å²) in [4.78, 5) is 0. The molecule has 0 saturated carbocycles. The molecule has 0 amide bonds. The molecular formula is C15H15NO4. The first-order chi connectivity index (χ1) is 9.78. The maximum atomic E-state index is 9.72. The summed E-state index contributed by atoms with van der Waals surface area (Å²) in [6.45, 7) is 0.569. The number of furan rings is 1. The zero-order chi connectivity index (χ0) is 14.2. The second kappa shape index (κ2) is 7.34. The summed E-state index contributed by atoms with van der Waals surface area (Å²) in [5.41, 5.74) is 0.519. The Labute approximate surface area is 117 Å². The Bertz CT molecular complexity index is 560. The normalized spacial score (nSPS) is 11.8. The van der Waals surface area contributed by atoms with E-state index in [1.165, 1.54) is 0 Å². The van der Waals surface area contributed by atoms with Gasteiger partial charge in [0.15, 0.2) is 0 Å². The molecule has 5 heteroatoms. The molecule has 2 aromatic rings. The number of nitriles is 1. The van der Waals surface area contributed by atoms with Gasteiger partial charge in [-0.15, -0.1) is 0 Å². The van der Waals surface area contributed by atoms with Crippen LogP contribution in [0.15, 0.2) is 47.1 Å². The van der Waals surface area contributed by atoms with E-state index in [0.717, 1.165) is 0 Å². The Balaban J connectivity index is 1.69. The van der Waals surface area contributed by atoms with E-state index in [2.05, 4.69) is 0 Å². The number of hydrogen-bond acceptors (Lipinski definition) is 5. The monoisotopic (exact) mass is 273 g/mol. The molecule has 1 atom stereocenters. The van der Waals surface area contributed by atoms with E-state index in [0.29, 0.717) is 23.7 Å². The first-order valence-corrected chi connectivity index (χ1v) is 6.19. The number of hydrogen-bond donors (Lipinski definition) is 1. The molecule has 0 bridgehead atoms. The maximum Gasteiger partial charge on any atom is 0.129 e. The van der Waals surface area contributed by atoms with Gasteiger partial charge in [0.1, 0.15) is 30.8 Å². The molecule has 1 aromatic heterocycles. The molecule has 0 fully saturated rings. The molecular weight excluding hydrogens is 258 g/mol. The highest BCUT2D eigenvalue weighted by Gasteiger charge is 2.07. The van der Waals surface area contributed by atoms with Crippen molar-refractivity contribution >= 4 is 0 Å². The molecule has 20 heavy (non-hydrogen) atoms. The molecule has 2 rings (SSSR count). The highest BCUT2D eigenvalue weighted by atomic mass is 16.5. The summed E-state index contributed by atoms with van der Waals surface area (Å²) in [6.07, 6.45) is 0.830. The van der Waals surface area contributed by atoms with Crippen LogP contribution in [-0.2, 0) is 11.3 Å². The van der Waals surface area contributed by atoms with Crippen molar-refractivity contribution in [3.63, 3.8) is 0 Å². The van der Waals surface area contributed by atoms with Gasteiger partial charge in [-0.1, -0.05) is 6.07 Å². The maximum absolute atomic E-state index is 9.72. The van der Waals surface area contributed by atoms with Gasteiger partial charge in [-0.05, 0) is 30.3 Å². The zero-order valence-electron chi connectivity index (χ0n) is 10.9. The van der Waals surface area contributed by atoms with E-state index in [-0.39, 0.29) is 13.2 Å². The van der Waals surface area contributed by atoms with Gasteiger partial charge in [0.2, 0.25) is 0 Å². The van der Waals surface area contributed by atoms with Gasteiger partial charge < -0.3 is 19.0 Å². The van der Waals surface area contributed by atoms with Gasteiger partial charge in [-0.2, -0.15) is 5.26 Å². The summed E-state index contributed by atoms with van der Waals surface area (Å²) >= 11 is 0. The van der Waals surface area contributed by atoms with E-state index in [1.807, 2.05) is 6.07 Å². The topological polar surface area (TPSA) is 75.6 Å². The lowest BCUT2D eigenvalue weighted by atomic mass is 10.2. The van der Waals surface area contributed by atoms with Crippen molar-refractivity contribution in [2.75, 3.05) is 13.2 Å². The van der Waals surface area contributed by atoms with Crippen LogP contribution >= 0.6 is 0 Å². The fraction of sp³-hybridized carbons (Fsp3) is 0.267. The van der Waals surface area contributed by atoms with Crippen molar-refractivity contribution in [2.24, 2.45) is 0 Å². The Morgan fingerprint density at radius 3 is 2.90 bits per heavy atom. The predicted octanol–water partition coefficient (Wildman–Crippen LogP) is 2.11. The van der Waals surface area contributed by atoms with Crippen LogP contribution in [0.1, 0.15) is 11.3 Å². The largest absolute Gasteiger partial charge is 0.491 e. The summed E-state index contributed by atoms with van der Waals surface area (Å²) in [7, 11) is 0. The van der Waals surface area contributed by atoms with Crippen LogP contribution in [0, 0.1) is 11.3 Å². The molecule has 5 nitrogen and oxygen atoms in total. The quantitative estimate of drug-likeness (QED) is 0.836. The number of ether oxygens (including phenoxy) is 2. The highest BCUT2D eigenvalue weighted by molar-refractivity contribution is 5.36.